The Bertz CT molecular complexity index is 1350. The molecule has 2 aliphatic rings. The Hall–Kier alpha value is -2.27. The summed E-state index contributed by atoms with van der Waals surface area (Å²) < 4.78 is 54.9. The number of sulfonamides is 2. The minimum absolute atomic E-state index is 0.000447. The Morgan fingerprint density at radius 1 is 0.938 bits per heavy atom. The molecule has 0 unspecified atom stereocenters. The maximum Gasteiger partial charge on any atom is 0.243 e. The second-order valence-electron chi connectivity index (χ2n) is 8.69. The van der Waals surface area contributed by atoms with Gasteiger partial charge in [0, 0.05) is 25.0 Å². The zero-order chi connectivity index (χ0) is 22.5. The predicted molar refractivity (Wildman–Crippen MR) is 121 cm³/mol. The van der Waals surface area contributed by atoms with Crippen molar-refractivity contribution >= 4 is 31.1 Å². The molecule has 1 aromatic heterocycles. The summed E-state index contributed by atoms with van der Waals surface area (Å²) in [6, 6.07) is 11.6. The molecule has 170 valence electrons. The molecule has 2 heterocycles. The lowest BCUT2D eigenvalue weighted by molar-refractivity contribution is 0.314. The standard InChI is InChI=1S/C22H26N4O4S2/c1-15-2-9-20-21(14-15)24-22(23-20)16-10-12-26(13-11-16)32(29,30)19-7-5-18(6-8-19)31(27,28)25-17-3-4-17/h2,5-9,14,16-17,25H,3-4,10-13H2,1H3,(H,23,24). The third kappa shape index (κ3) is 4.19. The van der Waals surface area contributed by atoms with Gasteiger partial charge in [0.1, 0.15) is 5.82 Å². The van der Waals surface area contributed by atoms with Crippen molar-refractivity contribution < 1.29 is 16.8 Å². The molecule has 1 aliphatic carbocycles. The zero-order valence-electron chi connectivity index (χ0n) is 17.8. The number of benzene rings is 2. The van der Waals surface area contributed by atoms with E-state index in [1.165, 1.54) is 28.6 Å². The minimum atomic E-state index is -3.68. The highest BCUT2D eigenvalue weighted by Crippen LogP contribution is 2.31. The third-order valence-electron chi connectivity index (χ3n) is 6.17. The SMILES string of the molecule is Cc1ccc2nc(C3CCN(S(=O)(=O)c4ccc(S(=O)(=O)NC5CC5)cc4)CC3)[nH]c2c1. The van der Waals surface area contributed by atoms with E-state index in [-0.39, 0.29) is 21.8 Å². The van der Waals surface area contributed by atoms with Crippen LogP contribution in [0.1, 0.15) is 43.0 Å². The van der Waals surface area contributed by atoms with E-state index in [0.717, 1.165) is 35.3 Å². The highest BCUT2D eigenvalue weighted by molar-refractivity contribution is 7.89. The summed E-state index contributed by atoms with van der Waals surface area (Å²) in [5.41, 5.74) is 3.09. The van der Waals surface area contributed by atoms with Gasteiger partial charge in [0.15, 0.2) is 0 Å². The van der Waals surface area contributed by atoms with Crippen LogP contribution in [0.3, 0.4) is 0 Å². The number of rotatable bonds is 6. The highest BCUT2D eigenvalue weighted by Gasteiger charge is 2.32. The van der Waals surface area contributed by atoms with E-state index in [2.05, 4.69) is 15.8 Å². The van der Waals surface area contributed by atoms with Crippen molar-refractivity contribution in [3.8, 4) is 0 Å². The van der Waals surface area contributed by atoms with E-state index in [9.17, 15) is 16.8 Å². The van der Waals surface area contributed by atoms with Gasteiger partial charge >= 0.3 is 0 Å². The first-order valence-electron chi connectivity index (χ1n) is 10.8. The molecule has 1 saturated carbocycles. The fourth-order valence-electron chi connectivity index (χ4n) is 4.13. The highest BCUT2D eigenvalue weighted by atomic mass is 32.2. The molecule has 1 aliphatic heterocycles. The molecular formula is C22H26N4O4S2. The Morgan fingerprint density at radius 2 is 1.59 bits per heavy atom. The fraction of sp³-hybridized carbons (Fsp3) is 0.409. The van der Waals surface area contributed by atoms with Crippen LogP contribution in [0.15, 0.2) is 52.3 Å². The van der Waals surface area contributed by atoms with Crippen LogP contribution in [0.4, 0.5) is 0 Å². The molecular weight excluding hydrogens is 448 g/mol. The van der Waals surface area contributed by atoms with E-state index < -0.39 is 20.0 Å². The Kier molecular flexibility index (Phi) is 5.36. The second-order valence-corrected chi connectivity index (χ2v) is 12.3. The number of fused-ring (bicyclic) bond motifs is 1. The van der Waals surface area contributed by atoms with Crippen molar-refractivity contribution in [3.63, 3.8) is 0 Å². The smallest absolute Gasteiger partial charge is 0.243 e. The van der Waals surface area contributed by atoms with Gasteiger partial charge in [-0.1, -0.05) is 6.07 Å². The van der Waals surface area contributed by atoms with Crippen molar-refractivity contribution in [2.24, 2.45) is 0 Å². The average molecular weight is 475 g/mol. The quantitative estimate of drug-likeness (QED) is 0.571. The van der Waals surface area contributed by atoms with Crippen LogP contribution in [0.2, 0.25) is 0 Å². The number of nitrogens with zero attached hydrogens (tertiary/aromatic N) is 2. The van der Waals surface area contributed by atoms with Crippen molar-refractivity contribution in [2.75, 3.05) is 13.1 Å². The largest absolute Gasteiger partial charge is 0.342 e. The molecule has 0 radical (unpaired) electrons. The lowest BCUT2D eigenvalue weighted by Crippen LogP contribution is -2.38. The van der Waals surface area contributed by atoms with Crippen LogP contribution in [0, 0.1) is 6.92 Å². The first kappa shape index (κ1) is 21.6. The molecule has 3 aromatic rings. The van der Waals surface area contributed by atoms with Crippen LogP contribution in [-0.2, 0) is 20.0 Å². The van der Waals surface area contributed by atoms with E-state index >= 15 is 0 Å². The summed E-state index contributed by atoms with van der Waals surface area (Å²) in [6.45, 7) is 2.83. The number of aromatic nitrogens is 2. The van der Waals surface area contributed by atoms with Gasteiger partial charge in [0.05, 0.1) is 20.8 Å². The van der Waals surface area contributed by atoms with Crippen LogP contribution in [0.25, 0.3) is 11.0 Å². The first-order chi connectivity index (χ1) is 15.2. The molecule has 0 spiro atoms. The number of piperidine rings is 1. The normalized spacial score (nSPS) is 18.9. The molecule has 10 heteroatoms. The number of nitrogens with one attached hydrogen (secondary N) is 2. The molecule has 5 rings (SSSR count). The second kappa shape index (κ2) is 7.95. The van der Waals surface area contributed by atoms with Gasteiger partial charge < -0.3 is 4.98 Å². The predicted octanol–water partition coefficient (Wildman–Crippen LogP) is 2.88. The molecule has 1 saturated heterocycles. The zero-order valence-corrected chi connectivity index (χ0v) is 19.4. The van der Waals surface area contributed by atoms with Gasteiger partial charge in [-0.05, 0) is 74.6 Å². The van der Waals surface area contributed by atoms with Crippen molar-refractivity contribution in [1.82, 2.24) is 19.0 Å². The van der Waals surface area contributed by atoms with Crippen LogP contribution in [0.5, 0.6) is 0 Å². The van der Waals surface area contributed by atoms with Gasteiger partial charge in [-0.3, -0.25) is 0 Å². The third-order valence-corrected chi connectivity index (χ3v) is 9.62. The molecule has 32 heavy (non-hydrogen) atoms. The minimum Gasteiger partial charge on any atom is -0.342 e. The molecule has 8 nitrogen and oxygen atoms in total. The lowest BCUT2D eigenvalue weighted by Gasteiger charge is -2.30. The Morgan fingerprint density at radius 3 is 2.25 bits per heavy atom. The van der Waals surface area contributed by atoms with Crippen LogP contribution >= 0.6 is 0 Å². The van der Waals surface area contributed by atoms with Gasteiger partial charge in [-0.25, -0.2) is 26.5 Å². The number of aromatic amines is 1. The number of hydrogen-bond acceptors (Lipinski definition) is 5. The Balaban J connectivity index is 1.28. The van der Waals surface area contributed by atoms with Gasteiger partial charge in [0.2, 0.25) is 20.0 Å². The van der Waals surface area contributed by atoms with Crippen molar-refractivity contribution in [2.45, 2.75) is 54.4 Å². The molecule has 2 aromatic carbocycles. The van der Waals surface area contributed by atoms with Crippen molar-refractivity contribution in [1.29, 1.82) is 0 Å². The molecule has 2 fully saturated rings. The summed E-state index contributed by atoms with van der Waals surface area (Å²) in [7, 11) is -7.29. The Labute approximate surface area is 188 Å². The maximum absolute atomic E-state index is 13.1. The van der Waals surface area contributed by atoms with E-state index in [1.54, 1.807) is 0 Å². The average Bonchev–Trinajstić information content (AvgIpc) is 3.48. The molecule has 0 bridgehead atoms. The summed E-state index contributed by atoms with van der Waals surface area (Å²) in [4.78, 5) is 8.28. The summed E-state index contributed by atoms with van der Waals surface area (Å²) >= 11 is 0. The number of H-pyrrole nitrogens is 1. The number of aryl methyl sites for hydroxylation is 1. The van der Waals surface area contributed by atoms with Gasteiger partial charge in [-0.15, -0.1) is 0 Å². The van der Waals surface area contributed by atoms with Gasteiger partial charge in [-0.2, -0.15) is 4.31 Å². The number of imidazole rings is 1. The maximum atomic E-state index is 13.1. The topological polar surface area (TPSA) is 112 Å². The van der Waals surface area contributed by atoms with Crippen molar-refractivity contribution in [3.05, 3.63) is 53.9 Å². The monoisotopic (exact) mass is 474 g/mol. The number of hydrogen-bond donors (Lipinski definition) is 2. The van der Waals surface area contributed by atoms with E-state index in [1.807, 2.05) is 19.1 Å². The lowest BCUT2D eigenvalue weighted by atomic mass is 9.97. The first-order valence-corrected chi connectivity index (χ1v) is 13.7. The summed E-state index contributed by atoms with van der Waals surface area (Å²) in [5.74, 6) is 1.08. The van der Waals surface area contributed by atoms with E-state index in [0.29, 0.717) is 25.9 Å². The van der Waals surface area contributed by atoms with Crippen LogP contribution < -0.4 is 4.72 Å². The van der Waals surface area contributed by atoms with E-state index in [4.69, 9.17) is 4.98 Å². The van der Waals surface area contributed by atoms with Gasteiger partial charge in [0.25, 0.3) is 0 Å². The molecule has 0 amide bonds. The van der Waals surface area contributed by atoms with Crippen LogP contribution in [-0.4, -0.2) is 50.2 Å². The summed E-state index contributed by atoms with van der Waals surface area (Å²) in [5, 5.41) is 0. The molecule has 2 N–H and O–H groups in total. The summed E-state index contributed by atoms with van der Waals surface area (Å²) in [6.07, 6.45) is 3.04. The molecule has 0 atom stereocenters. The fourth-order valence-corrected chi connectivity index (χ4v) is 6.91.